The molecule has 3 atom stereocenters. The van der Waals surface area contributed by atoms with Gasteiger partial charge in [0, 0.05) is 38.9 Å². The van der Waals surface area contributed by atoms with Gasteiger partial charge < -0.3 is 9.47 Å². The fourth-order valence-electron chi connectivity index (χ4n) is 16.6. The summed E-state index contributed by atoms with van der Waals surface area (Å²) in [6, 6.07) is 70.1. The van der Waals surface area contributed by atoms with Crippen molar-refractivity contribution in [1.82, 2.24) is 4.57 Å². The van der Waals surface area contributed by atoms with Crippen LogP contribution >= 0.6 is 0 Å². The molecule has 0 aliphatic heterocycles. The Kier molecular flexibility index (Phi) is 9.07. The van der Waals surface area contributed by atoms with Crippen molar-refractivity contribution in [2.45, 2.75) is 94.8 Å². The Bertz CT molecular complexity index is 3450. The lowest BCUT2D eigenvalue weighted by Gasteiger charge is -2.57. The van der Waals surface area contributed by atoms with Crippen molar-refractivity contribution >= 4 is 38.9 Å². The Balaban J connectivity index is 0.940. The summed E-state index contributed by atoms with van der Waals surface area (Å²) in [6.45, 7) is 4.99. The molecule has 9 aromatic rings. The van der Waals surface area contributed by atoms with Gasteiger partial charge in [-0.05, 0) is 209 Å². The maximum atomic E-state index is 2.60. The molecule has 8 aromatic carbocycles. The van der Waals surface area contributed by atoms with Gasteiger partial charge in [0.25, 0.3) is 0 Å². The minimum atomic E-state index is -0.336. The van der Waals surface area contributed by atoms with Crippen LogP contribution in [0.15, 0.2) is 182 Å². The molecule has 6 saturated carbocycles. The van der Waals surface area contributed by atoms with Gasteiger partial charge in [0.15, 0.2) is 0 Å². The van der Waals surface area contributed by atoms with Crippen LogP contribution < -0.4 is 4.90 Å². The van der Waals surface area contributed by atoms with Crippen LogP contribution in [0, 0.1) is 29.6 Å². The number of nitrogens with zero attached hydrogens (tertiary/aromatic N) is 2. The van der Waals surface area contributed by atoms with Gasteiger partial charge >= 0.3 is 0 Å². The van der Waals surface area contributed by atoms with Gasteiger partial charge in [0.05, 0.1) is 11.0 Å². The molecule has 1 aromatic heterocycles. The number of rotatable bonds is 8. The molecule has 0 spiro atoms. The van der Waals surface area contributed by atoms with Crippen molar-refractivity contribution in [1.29, 1.82) is 0 Å². The van der Waals surface area contributed by atoms with Gasteiger partial charge in [-0.3, -0.25) is 0 Å². The van der Waals surface area contributed by atoms with Crippen molar-refractivity contribution in [3.8, 4) is 39.1 Å². The second-order valence-corrected chi connectivity index (χ2v) is 23.5. The molecule has 16 rings (SSSR count). The zero-order valence-corrected chi connectivity index (χ0v) is 40.8. The molecule has 3 unspecified atom stereocenters. The van der Waals surface area contributed by atoms with E-state index >= 15 is 0 Å². The van der Waals surface area contributed by atoms with Crippen molar-refractivity contribution in [2.75, 3.05) is 4.90 Å². The number of anilines is 3. The Morgan fingerprint density at radius 1 is 0.500 bits per heavy atom. The molecular weight excluding hydrogens is 845 g/mol. The van der Waals surface area contributed by atoms with E-state index < -0.39 is 0 Å². The SMILES string of the molecule is CC1(C)c2cc(N(c3ccc(C4CC5CCC4C5)cc3)c3ccc(C45CC6CC(CC(C6)C4)C5)cc3)cc(-c3ccccc3)c2-c2ccc3c4c(-c5ccccc5)cccc4n(-c4ccccc4)c3c21. The van der Waals surface area contributed by atoms with E-state index in [0.29, 0.717) is 11.3 Å². The molecule has 344 valence electrons. The van der Waals surface area contributed by atoms with Crippen molar-refractivity contribution < 1.29 is 0 Å². The third-order valence-corrected chi connectivity index (χ3v) is 19.2. The van der Waals surface area contributed by atoms with Crippen molar-refractivity contribution in [3.05, 3.63) is 204 Å². The first-order valence-electron chi connectivity index (χ1n) is 26.8. The van der Waals surface area contributed by atoms with Gasteiger partial charge in [-0.15, -0.1) is 0 Å². The largest absolute Gasteiger partial charge is 0.310 e. The van der Waals surface area contributed by atoms with E-state index in [1.54, 1.807) is 5.56 Å². The minimum absolute atomic E-state index is 0.336. The minimum Gasteiger partial charge on any atom is -0.310 e. The second-order valence-electron chi connectivity index (χ2n) is 23.5. The van der Waals surface area contributed by atoms with E-state index in [9.17, 15) is 0 Å². The maximum absolute atomic E-state index is 2.60. The lowest BCUT2D eigenvalue weighted by molar-refractivity contribution is -0.00518. The Labute approximate surface area is 414 Å². The van der Waals surface area contributed by atoms with Crippen LogP contribution in [0.3, 0.4) is 0 Å². The average Bonchev–Trinajstić information content (AvgIpc) is 4.17. The van der Waals surface area contributed by atoms with Crippen LogP contribution in [0.25, 0.3) is 60.9 Å². The van der Waals surface area contributed by atoms with E-state index in [0.717, 1.165) is 29.6 Å². The normalized spacial score (nSPS) is 25.5. The summed E-state index contributed by atoms with van der Waals surface area (Å²) in [7, 11) is 0. The van der Waals surface area contributed by atoms with Crippen LogP contribution in [0.1, 0.15) is 106 Å². The quantitative estimate of drug-likeness (QED) is 0.147. The lowest BCUT2D eigenvalue weighted by Crippen LogP contribution is -2.48. The van der Waals surface area contributed by atoms with E-state index in [1.807, 2.05) is 0 Å². The smallest absolute Gasteiger partial charge is 0.0588 e. The standard InChI is InChI=1S/C68H62N2/c1-67(2)61-39-55(69(53-27-23-49(24-28-53)59-37-43-21-22-50(59)36-43)54-29-25-51(26-30-54)68-40-44-33-45(41-68)35-46(34-44)42-68)38-60(48-15-8-4-9-16-48)63(61)57-31-32-58-64-56(47-13-6-3-7-14-47)19-12-20-62(64)70(66(58)65(57)67)52-17-10-5-11-18-52/h3-20,23-32,38-39,43-46,50,59H,21-22,33-37,40-42H2,1-2H3. The highest BCUT2D eigenvalue weighted by Crippen LogP contribution is 2.62. The van der Waals surface area contributed by atoms with Gasteiger partial charge in [-0.25, -0.2) is 0 Å². The average molecular weight is 907 g/mol. The van der Waals surface area contributed by atoms with Gasteiger partial charge in [0.2, 0.25) is 0 Å². The van der Waals surface area contributed by atoms with Crippen LogP contribution in [0.4, 0.5) is 17.1 Å². The summed E-state index contributed by atoms with van der Waals surface area (Å²) in [5, 5.41) is 2.61. The molecule has 6 bridgehead atoms. The zero-order valence-electron chi connectivity index (χ0n) is 40.8. The first kappa shape index (κ1) is 41.2. The van der Waals surface area contributed by atoms with Gasteiger partial charge in [0.1, 0.15) is 0 Å². The number of benzene rings is 8. The van der Waals surface area contributed by atoms with Crippen LogP contribution in [-0.4, -0.2) is 4.57 Å². The highest BCUT2D eigenvalue weighted by atomic mass is 15.1. The first-order valence-corrected chi connectivity index (χ1v) is 26.8. The van der Waals surface area contributed by atoms with E-state index in [1.165, 1.54) is 159 Å². The summed E-state index contributed by atoms with van der Waals surface area (Å²) in [5.41, 5.74) is 21.1. The van der Waals surface area contributed by atoms with Crippen molar-refractivity contribution in [2.24, 2.45) is 29.6 Å². The molecule has 0 saturated heterocycles. The molecule has 2 nitrogen and oxygen atoms in total. The Hall–Kier alpha value is -6.64. The van der Waals surface area contributed by atoms with Gasteiger partial charge in [-0.1, -0.05) is 148 Å². The Morgan fingerprint density at radius 2 is 1.13 bits per heavy atom. The van der Waals surface area contributed by atoms with E-state index in [4.69, 9.17) is 0 Å². The molecule has 1 heterocycles. The summed E-state index contributed by atoms with van der Waals surface area (Å²) < 4.78 is 2.57. The number of hydrogen-bond acceptors (Lipinski definition) is 1. The molecule has 7 aliphatic carbocycles. The topological polar surface area (TPSA) is 8.17 Å². The van der Waals surface area contributed by atoms with Crippen LogP contribution in [0.2, 0.25) is 0 Å². The fourth-order valence-corrected chi connectivity index (χ4v) is 16.6. The predicted octanol–water partition coefficient (Wildman–Crippen LogP) is 18.3. The third kappa shape index (κ3) is 6.17. The second kappa shape index (κ2) is 15.4. The summed E-state index contributed by atoms with van der Waals surface area (Å²) in [4.78, 5) is 2.60. The van der Waals surface area contributed by atoms with Gasteiger partial charge in [-0.2, -0.15) is 0 Å². The number of para-hydroxylation sites is 1. The van der Waals surface area contributed by atoms with E-state index in [2.05, 4.69) is 205 Å². The zero-order chi connectivity index (χ0) is 46.3. The molecule has 7 aliphatic rings. The van der Waals surface area contributed by atoms with Crippen molar-refractivity contribution in [3.63, 3.8) is 0 Å². The summed E-state index contributed by atoms with van der Waals surface area (Å²) >= 11 is 0. The molecule has 70 heavy (non-hydrogen) atoms. The molecule has 2 heteroatoms. The summed E-state index contributed by atoms with van der Waals surface area (Å²) in [6.07, 6.45) is 14.2. The highest BCUT2D eigenvalue weighted by Gasteiger charge is 2.51. The first-order chi connectivity index (χ1) is 34.4. The molecule has 0 radical (unpaired) electrons. The Morgan fingerprint density at radius 3 is 1.76 bits per heavy atom. The molecule has 0 N–H and O–H groups in total. The fraction of sp³-hybridized carbons (Fsp3) is 0.294. The molecule has 6 fully saturated rings. The number of aromatic nitrogens is 1. The molecule has 0 amide bonds. The third-order valence-electron chi connectivity index (χ3n) is 19.2. The van der Waals surface area contributed by atoms with Crippen LogP contribution in [0.5, 0.6) is 0 Å². The lowest BCUT2D eigenvalue weighted by atomic mass is 9.48. The monoisotopic (exact) mass is 906 g/mol. The maximum Gasteiger partial charge on any atom is 0.0588 e. The van der Waals surface area contributed by atoms with Crippen LogP contribution in [-0.2, 0) is 10.8 Å². The van der Waals surface area contributed by atoms with E-state index in [-0.39, 0.29) is 5.41 Å². The predicted molar refractivity (Wildman–Crippen MR) is 292 cm³/mol. The highest BCUT2D eigenvalue weighted by molar-refractivity contribution is 6.18. The summed E-state index contributed by atoms with van der Waals surface area (Å²) in [5.74, 6) is 5.26. The molecular formula is C68H62N2. The number of fused-ring (bicyclic) bond motifs is 9. The number of hydrogen-bond donors (Lipinski definition) is 0.